The van der Waals surface area contributed by atoms with E-state index in [0.717, 1.165) is 11.1 Å². The number of nitrogens with one attached hydrogen (secondary N) is 1. The summed E-state index contributed by atoms with van der Waals surface area (Å²) in [4.78, 5) is 24.5. The molecule has 2 rings (SSSR count). The number of carbonyl (C=O) groups is 2. The third-order valence-electron chi connectivity index (χ3n) is 4.17. The number of aryl methyl sites for hydroxylation is 2. The van der Waals surface area contributed by atoms with Crippen molar-refractivity contribution in [2.75, 3.05) is 12.4 Å². The molecule has 0 saturated heterocycles. The van der Waals surface area contributed by atoms with E-state index in [1.165, 1.54) is 19.3 Å². The van der Waals surface area contributed by atoms with Gasteiger partial charge < -0.3 is 19.5 Å². The Bertz CT molecular complexity index is 1040. The fourth-order valence-electron chi connectivity index (χ4n) is 2.73. The zero-order valence-electron chi connectivity index (χ0n) is 18.5. The molecule has 7 heteroatoms. The van der Waals surface area contributed by atoms with Crippen molar-refractivity contribution >= 4 is 23.8 Å². The second-order valence-electron chi connectivity index (χ2n) is 7.87. The van der Waals surface area contributed by atoms with Gasteiger partial charge in [0.05, 0.1) is 7.11 Å². The second kappa shape index (κ2) is 9.81. The number of ether oxygens (including phenoxy) is 3. The molecular formula is C24H26N2O5. The van der Waals surface area contributed by atoms with E-state index in [-0.39, 0.29) is 17.1 Å². The van der Waals surface area contributed by atoms with Crippen molar-refractivity contribution in [2.24, 2.45) is 0 Å². The number of benzene rings is 2. The fourth-order valence-corrected chi connectivity index (χ4v) is 2.73. The first-order valence-electron chi connectivity index (χ1n) is 9.62. The zero-order valence-corrected chi connectivity index (χ0v) is 18.5. The maximum absolute atomic E-state index is 12.6. The molecule has 31 heavy (non-hydrogen) atoms. The summed E-state index contributed by atoms with van der Waals surface area (Å²) < 4.78 is 15.6. The standard InChI is InChI=1S/C24H26N2O5/c1-15-8-7-9-16(2)21(15)26-22(27)18(14-25)12-17-10-11-19(20(13-17)29-6)30-23(28)31-24(3,4)5/h7-13H,1-6H3,(H,26,27)/b18-12+. The van der Waals surface area contributed by atoms with Crippen LogP contribution in [0.5, 0.6) is 11.5 Å². The van der Waals surface area contributed by atoms with Gasteiger partial charge in [-0.05, 0) is 69.5 Å². The Morgan fingerprint density at radius 3 is 2.26 bits per heavy atom. The van der Waals surface area contributed by atoms with Crippen LogP contribution in [-0.2, 0) is 9.53 Å². The summed E-state index contributed by atoms with van der Waals surface area (Å²) in [5.41, 5.74) is 2.23. The number of rotatable bonds is 5. The summed E-state index contributed by atoms with van der Waals surface area (Å²) in [5, 5.41) is 12.3. The minimum Gasteiger partial charge on any atom is -0.493 e. The highest BCUT2D eigenvalue weighted by atomic mass is 16.7. The lowest BCUT2D eigenvalue weighted by Gasteiger charge is -2.19. The van der Waals surface area contributed by atoms with Gasteiger partial charge in [-0.1, -0.05) is 24.3 Å². The van der Waals surface area contributed by atoms with Crippen LogP contribution < -0.4 is 14.8 Å². The van der Waals surface area contributed by atoms with Crippen molar-refractivity contribution in [1.82, 2.24) is 0 Å². The quantitative estimate of drug-likeness (QED) is 0.309. The first kappa shape index (κ1) is 23.5. The van der Waals surface area contributed by atoms with Crippen LogP contribution in [-0.4, -0.2) is 24.8 Å². The number of para-hydroxylation sites is 1. The van der Waals surface area contributed by atoms with Crippen LogP contribution in [0.2, 0.25) is 0 Å². The predicted molar refractivity (Wildman–Crippen MR) is 118 cm³/mol. The van der Waals surface area contributed by atoms with Gasteiger partial charge >= 0.3 is 6.16 Å². The molecule has 7 nitrogen and oxygen atoms in total. The van der Waals surface area contributed by atoms with Crippen LogP contribution in [0, 0.1) is 25.2 Å². The molecule has 0 aliphatic heterocycles. The number of carbonyl (C=O) groups excluding carboxylic acids is 2. The smallest absolute Gasteiger partial charge is 0.493 e. The molecule has 0 radical (unpaired) electrons. The predicted octanol–water partition coefficient (Wildman–Crippen LogP) is 5.17. The van der Waals surface area contributed by atoms with Crippen LogP contribution in [0.4, 0.5) is 10.5 Å². The fraction of sp³-hybridized carbons (Fsp3) is 0.292. The van der Waals surface area contributed by atoms with Crippen molar-refractivity contribution in [2.45, 2.75) is 40.2 Å². The number of anilines is 1. The number of nitriles is 1. The zero-order chi connectivity index (χ0) is 23.2. The molecular weight excluding hydrogens is 396 g/mol. The topological polar surface area (TPSA) is 97.6 Å². The van der Waals surface area contributed by atoms with Crippen molar-refractivity contribution in [3.8, 4) is 17.6 Å². The van der Waals surface area contributed by atoms with Gasteiger partial charge in [0.1, 0.15) is 17.2 Å². The molecule has 0 unspecified atom stereocenters. The summed E-state index contributed by atoms with van der Waals surface area (Å²) in [7, 11) is 1.42. The Balaban J connectivity index is 2.25. The third-order valence-corrected chi connectivity index (χ3v) is 4.17. The van der Waals surface area contributed by atoms with Crippen molar-refractivity contribution in [3.05, 3.63) is 58.7 Å². The second-order valence-corrected chi connectivity index (χ2v) is 7.87. The lowest BCUT2D eigenvalue weighted by molar-refractivity contribution is -0.112. The Labute approximate surface area is 182 Å². The molecule has 0 fully saturated rings. The summed E-state index contributed by atoms with van der Waals surface area (Å²) >= 11 is 0. The van der Waals surface area contributed by atoms with E-state index in [4.69, 9.17) is 14.2 Å². The largest absolute Gasteiger partial charge is 0.514 e. The number of nitrogens with zero attached hydrogens (tertiary/aromatic N) is 1. The Morgan fingerprint density at radius 2 is 1.71 bits per heavy atom. The maximum atomic E-state index is 12.6. The average molecular weight is 422 g/mol. The lowest BCUT2D eigenvalue weighted by atomic mass is 10.1. The summed E-state index contributed by atoms with van der Waals surface area (Å²) in [6.45, 7) is 8.95. The number of methoxy groups -OCH3 is 1. The minimum absolute atomic E-state index is 0.0782. The molecule has 0 spiro atoms. The molecule has 162 valence electrons. The molecule has 2 aromatic rings. The Hall–Kier alpha value is -3.79. The highest BCUT2D eigenvalue weighted by Crippen LogP contribution is 2.30. The molecule has 0 saturated carbocycles. The van der Waals surface area contributed by atoms with Crippen LogP contribution >= 0.6 is 0 Å². The van der Waals surface area contributed by atoms with Crippen molar-refractivity contribution < 1.29 is 23.8 Å². The van der Waals surface area contributed by atoms with E-state index < -0.39 is 17.7 Å². The molecule has 1 amide bonds. The molecule has 0 bridgehead atoms. The summed E-state index contributed by atoms with van der Waals surface area (Å²) in [6.07, 6.45) is 0.572. The molecule has 0 atom stereocenters. The van der Waals surface area contributed by atoms with Gasteiger partial charge in [-0.15, -0.1) is 0 Å². The van der Waals surface area contributed by atoms with Gasteiger partial charge in [0.25, 0.3) is 5.91 Å². The third kappa shape index (κ3) is 6.61. The number of amides is 1. The lowest BCUT2D eigenvalue weighted by Crippen LogP contribution is -2.26. The summed E-state index contributed by atoms with van der Waals surface area (Å²) in [6, 6.07) is 12.3. The van der Waals surface area contributed by atoms with E-state index in [9.17, 15) is 14.9 Å². The van der Waals surface area contributed by atoms with Gasteiger partial charge in [0.15, 0.2) is 11.5 Å². The van der Waals surface area contributed by atoms with E-state index in [2.05, 4.69) is 5.32 Å². The van der Waals surface area contributed by atoms with Crippen LogP contribution in [0.25, 0.3) is 6.08 Å². The van der Waals surface area contributed by atoms with Gasteiger partial charge in [-0.2, -0.15) is 5.26 Å². The van der Waals surface area contributed by atoms with Crippen LogP contribution in [0.1, 0.15) is 37.5 Å². The first-order valence-corrected chi connectivity index (χ1v) is 9.62. The number of hydrogen-bond acceptors (Lipinski definition) is 6. The Morgan fingerprint density at radius 1 is 1.06 bits per heavy atom. The van der Waals surface area contributed by atoms with Crippen molar-refractivity contribution in [1.29, 1.82) is 5.26 Å². The van der Waals surface area contributed by atoms with E-state index >= 15 is 0 Å². The minimum atomic E-state index is -0.861. The maximum Gasteiger partial charge on any atom is 0.514 e. The molecule has 0 aliphatic rings. The monoisotopic (exact) mass is 422 g/mol. The van der Waals surface area contributed by atoms with E-state index in [0.29, 0.717) is 11.3 Å². The van der Waals surface area contributed by atoms with E-state index in [1.54, 1.807) is 32.9 Å². The van der Waals surface area contributed by atoms with Crippen LogP contribution in [0.15, 0.2) is 42.0 Å². The van der Waals surface area contributed by atoms with Gasteiger partial charge in [-0.3, -0.25) is 4.79 Å². The first-order chi connectivity index (χ1) is 14.5. The highest BCUT2D eigenvalue weighted by Gasteiger charge is 2.20. The molecule has 2 aromatic carbocycles. The highest BCUT2D eigenvalue weighted by molar-refractivity contribution is 6.10. The normalized spacial score (nSPS) is 11.3. The Kier molecular flexibility index (Phi) is 7.43. The molecule has 0 aliphatic carbocycles. The molecule has 0 aromatic heterocycles. The van der Waals surface area contributed by atoms with Gasteiger partial charge in [0, 0.05) is 5.69 Å². The van der Waals surface area contributed by atoms with Crippen LogP contribution in [0.3, 0.4) is 0 Å². The number of hydrogen-bond donors (Lipinski definition) is 1. The van der Waals surface area contributed by atoms with E-state index in [1.807, 2.05) is 38.1 Å². The van der Waals surface area contributed by atoms with Gasteiger partial charge in [-0.25, -0.2) is 4.79 Å². The molecule has 0 heterocycles. The van der Waals surface area contributed by atoms with Crippen molar-refractivity contribution in [3.63, 3.8) is 0 Å². The van der Waals surface area contributed by atoms with Gasteiger partial charge in [0.2, 0.25) is 0 Å². The average Bonchev–Trinajstić information content (AvgIpc) is 2.68. The summed E-state index contributed by atoms with van der Waals surface area (Å²) in [5.74, 6) is -0.104. The SMILES string of the molecule is COc1cc(/C=C(\C#N)C(=O)Nc2c(C)cccc2C)ccc1OC(=O)OC(C)(C)C. The molecule has 1 N–H and O–H groups in total.